The predicted molar refractivity (Wildman–Crippen MR) is 115 cm³/mol. The van der Waals surface area contributed by atoms with E-state index in [-0.39, 0.29) is 0 Å². The maximum absolute atomic E-state index is 5.66. The zero-order valence-corrected chi connectivity index (χ0v) is 16.4. The van der Waals surface area contributed by atoms with Crippen molar-refractivity contribution < 1.29 is 4.74 Å². The Morgan fingerprint density at radius 2 is 1.79 bits per heavy atom. The van der Waals surface area contributed by atoms with Crippen LogP contribution in [0.1, 0.15) is 18.4 Å². The number of hydrogen-bond acceptors (Lipinski definition) is 4. The smallest absolute Gasteiger partial charge is 0.133 e. The highest BCUT2D eigenvalue weighted by Gasteiger charge is 2.31. The van der Waals surface area contributed by atoms with Crippen molar-refractivity contribution in [2.75, 3.05) is 43.5 Å². The lowest BCUT2D eigenvalue weighted by atomic mass is 10.1. The van der Waals surface area contributed by atoms with Crippen LogP contribution in [0.4, 0.5) is 11.4 Å². The van der Waals surface area contributed by atoms with Gasteiger partial charge in [0.25, 0.3) is 0 Å². The number of methoxy groups -OCH3 is 1. The van der Waals surface area contributed by atoms with Crippen LogP contribution in [0.15, 0.2) is 48.7 Å². The first-order valence-electron chi connectivity index (χ1n) is 10.3. The highest BCUT2D eigenvalue weighted by molar-refractivity contribution is 5.87. The Hall–Kier alpha value is -2.66. The van der Waals surface area contributed by atoms with E-state index in [2.05, 4.69) is 62.6 Å². The van der Waals surface area contributed by atoms with Crippen molar-refractivity contribution in [2.24, 2.45) is 0 Å². The van der Waals surface area contributed by atoms with Crippen molar-refractivity contribution in [3.8, 4) is 5.75 Å². The average molecular weight is 377 g/mol. The number of fused-ring (bicyclic) bond motifs is 1. The summed E-state index contributed by atoms with van der Waals surface area (Å²) in [5.74, 6) is 0.941. The number of aromatic nitrogens is 1. The minimum absolute atomic E-state index is 0.740. The second-order valence-electron chi connectivity index (χ2n) is 7.85. The molecule has 2 fully saturated rings. The number of rotatable bonds is 6. The van der Waals surface area contributed by atoms with E-state index in [0.29, 0.717) is 0 Å². The largest absolute Gasteiger partial charge is 0.496 e. The third-order valence-electron chi connectivity index (χ3n) is 6.06. The number of hydrogen-bond donors (Lipinski definition) is 2. The van der Waals surface area contributed by atoms with Crippen molar-refractivity contribution in [3.05, 3.63) is 54.2 Å². The van der Waals surface area contributed by atoms with Gasteiger partial charge in [-0.05, 0) is 49.2 Å². The van der Waals surface area contributed by atoms with E-state index in [0.717, 1.165) is 53.6 Å². The van der Waals surface area contributed by atoms with Gasteiger partial charge in [-0.15, -0.1) is 0 Å². The standard InChI is InChI=1S/C23H28N4O/c1-28-23-17(2-9-22-21(23)10-11-24-22)16-25-18-3-5-19(6-4-18)26-12-14-27(15-13-26)20-7-8-20/h2-6,9-11,20,24-25H,7-8,12-16H2,1H3. The molecular weight excluding hydrogens is 348 g/mol. The fourth-order valence-electron chi connectivity index (χ4n) is 4.30. The molecule has 5 rings (SSSR count). The number of piperazine rings is 1. The summed E-state index contributed by atoms with van der Waals surface area (Å²) in [7, 11) is 1.74. The molecule has 0 unspecified atom stereocenters. The lowest BCUT2D eigenvalue weighted by Gasteiger charge is -2.36. The van der Waals surface area contributed by atoms with E-state index in [1.165, 1.54) is 31.6 Å². The van der Waals surface area contributed by atoms with Crippen LogP contribution < -0.4 is 15.0 Å². The van der Waals surface area contributed by atoms with Crippen LogP contribution in [0, 0.1) is 0 Å². The molecule has 1 saturated heterocycles. The van der Waals surface area contributed by atoms with Crippen molar-refractivity contribution >= 4 is 22.3 Å². The molecule has 5 heteroatoms. The van der Waals surface area contributed by atoms with Gasteiger partial charge >= 0.3 is 0 Å². The Morgan fingerprint density at radius 1 is 1.00 bits per heavy atom. The molecule has 28 heavy (non-hydrogen) atoms. The van der Waals surface area contributed by atoms with Crippen LogP contribution in [0.3, 0.4) is 0 Å². The van der Waals surface area contributed by atoms with E-state index >= 15 is 0 Å². The Balaban J connectivity index is 1.22. The predicted octanol–water partition coefficient (Wildman–Crippen LogP) is 4.07. The molecule has 2 heterocycles. The summed E-state index contributed by atoms with van der Waals surface area (Å²) in [6.45, 7) is 5.41. The maximum atomic E-state index is 5.66. The van der Waals surface area contributed by atoms with Gasteiger partial charge < -0.3 is 19.9 Å². The number of nitrogens with one attached hydrogen (secondary N) is 2. The molecule has 1 aliphatic heterocycles. The Kier molecular flexibility index (Phi) is 4.61. The van der Waals surface area contributed by atoms with Gasteiger partial charge in [-0.25, -0.2) is 0 Å². The monoisotopic (exact) mass is 376 g/mol. The summed E-state index contributed by atoms with van der Waals surface area (Å²) in [6.07, 6.45) is 4.76. The molecule has 2 N–H and O–H groups in total. The molecule has 3 aromatic rings. The number of benzene rings is 2. The van der Waals surface area contributed by atoms with Crippen molar-refractivity contribution in [1.82, 2.24) is 9.88 Å². The Labute approximate surface area is 166 Å². The van der Waals surface area contributed by atoms with E-state index in [4.69, 9.17) is 4.74 Å². The molecule has 5 nitrogen and oxygen atoms in total. The molecule has 2 aromatic carbocycles. The lowest BCUT2D eigenvalue weighted by molar-refractivity contribution is 0.248. The van der Waals surface area contributed by atoms with Gasteiger partial charge in [0.1, 0.15) is 5.75 Å². The molecule has 0 radical (unpaired) electrons. The van der Waals surface area contributed by atoms with E-state index in [1.807, 2.05) is 6.20 Å². The van der Waals surface area contributed by atoms with Gasteiger partial charge in [-0.2, -0.15) is 0 Å². The third-order valence-corrected chi connectivity index (χ3v) is 6.06. The van der Waals surface area contributed by atoms with Gasteiger partial charge in [0.2, 0.25) is 0 Å². The molecule has 1 aromatic heterocycles. The number of nitrogens with zero attached hydrogens (tertiary/aromatic N) is 2. The number of ether oxygens (including phenoxy) is 1. The molecular formula is C23H28N4O. The molecule has 0 spiro atoms. The first-order valence-corrected chi connectivity index (χ1v) is 10.3. The minimum atomic E-state index is 0.740. The van der Waals surface area contributed by atoms with Gasteiger partial charge in [0.15, 0.2) is 0 Å². The van der Waals surface area contributed by atoms with E-state index in [9.17, 15) is 0 Å². The maximum Gasteiger partial charge on any atom is 0.133 e. The fourth-order valence-corrected chi connectivity index (χ4v) is 4.30. The molecule has 0 atom stereocenters. The minimum Gasteiger partial charge on any atom is -0.496 e. The van der Waals surface area contributed by atoms with Crippen LogP contribution in [-0.4, -0.2) is 49.2 Å². The SMILES string of the molecule is COc1c(CNc2ccc(N3CCN(C4CC4)CC3)cc2)ccc2[nH]ccc12. The van der Waals surface area contributed by atoms with Gasteiger partial charge in [-0.3, -0.25) is 4.90 Å². The first-order chi connectivity index (χ1) is 13.8. The highest BCUT2D eigenvalue weighted by atomic mass is 16.5. The van der Waals surface area contributed by atoms with Crippen molar-refractivity contribution in [1.29, 1.82) is 0 Å². The third kappa shape index (κ3) is 3.42. The topological polar surface area (TPSA) is 43.5 Å². The van der Waals surface area contributed by atoms with Crippen LogP contribution in [-0.2, 0) is 6.54 Å². The zero-order chi connectivity index (χ0) is 18.9. The first kappa shape index (κ1) is 17.4. The van der Waals surface area contributed by atoms with Crippen molar-refractivity contribution in [2.45, 2.75) is 25.4 Å². The highest BCUT2D eigenvalue weighted by Crippen LogP contribution is 2.31. The molecule has 0 bridgehead atoms. The summed E-state index contributed by atoms with van der Waals surface area (Å²) in [4.78, 5) is 8.40. The van der Waals surface area contributed by atoms with Crippen LogP contribution in [0.5, 0.6) is 5.75 Å². The number of anilines is 2. The second-order valence-corrected chi connectivity index (χ2v) is 7.85. The zero-order valence-electron chi connectivity index (χ0n) is 16.4. The molecule has 0 amide bonds. The Bertz CT molecular complexity index is 937. The van der Waals surface area contributed by atoms with Crippen LogP contribution in [0.2, 0.25) is 0 Å². The number of H-pyrrole nitrogens is 1. The Morgan fingerprint density at radius 3 is 2.50 bits per heavy atom. The molecule has 1 aliphatic carbocycles. The van der Waals surface area contributed by atoms with E-state index < -0.39 is 0 Å². The van der Waals surface area contributed by atoms with Gasteiger partial charge in [0.05, 0.1) is 7.11 Å². The molecule has 1 saturated carbocycles. The van der Waals surface area contributed by atoms with Gasteiger partial charge in [-0.1, -0.05) is 6.07 Å². The summed E-state index contributed by atoms with van der Waals surface area (Å²) in [6, 6.07) is 16.0. The lowest BCUT2D eigenvalue weighted by Crippen LogP contribution is -2.47. The van der Waals surface area contributed by atoms with Crippen LogP contribution in [0.25, 0.3) is 10.9 Å². The second kappa shape index (κ2) is 7.40. The fraction of sp³-hybridized carbons (Fsp3) is 0.391. The summed E-state index contributed by atoms with van der Waals surface area (Å²) < 4.78 is 5.66. The quantitative estimate of drug-likeness (QED) is 0.681. The summed E-state index contributed by atoms with van der Waals surface area (Å²) >= 11 is 0. The van der Waals surface area contributed by atoms with E-state index in [1.54, 1.807) is 7.11 Å². The molecule has 146 valence electrons. The average Bonchev–Trinajstić information content (AvgIpc) is 3.49. The van der Waals surface area contributed by atoms with Gasteiger partial charge in [0, 0.05) is 72.8 Å². The summed E-state index contributed by atoms with van der Waals surface area (Å²) in [5.41, 5.74) is 4.73. The normalized spacial score (nSPS) is 17.8. The summed E-state index contributed by atoms with van der Waals surface area (Å²) in [5, 5.41) is 4.66. The van der Waals surface area contributed by atoms with Crippen LogP contribution >= 0.6 is 0 Å². The number of aromatic amines is 1. The van der Waals surface area contributed by atoms with Crippen molar-refractivity contribution in [3.63, 3.8) is 0 Å². The molecule has 2 aliphatic rings.